The molecule has 0 saturated carbocycles. The SMILES string of the molecule is COCOc1ccc(O)c([N+](=O)[O-])c1. The molecule has 76 valence electrons. The minimum Gasteiger partial charge on any atom is -0.502 e. The van der Waals surface area contributed by atoms with Gasteiger partial charge in [-0.15, -0.1) is 0 Å². The van der Waals surface area contributed by atoms with Gasteiger partial charge in [0.2, 0.25) is 0 Å². The first-order valence-electron chi connectivity index (χ1n) is 3.74. The van der Waals surface area contributed by atoms with Crippen LogP contribution in [0.1, 0.15) is 0 Å². The van der Waals surface area contributed by atoms with Gasteiger partial charge in [0.25, 0.3) is 0 Å². The Morgan fingerprint density at radius 1 is 1.57 bits per heavy atom. The van der Waals surface area contributed by atoms with E-state index in [1.807, 2.05) is 0 Å². The summed E-state index contributed by atoms with van der Waals surface area (Å²) in [5, 5.41) is 19.5. The van der Waals surface area contributed by atoms with Crippen molar-refractivity contribution in [2.24, 2.45) is 0 Å². The summed E-state index contributed by atoms with van der Waals surface area (Å²) in [6.45, 7) is 0.00191. The molecule has 1 N–H and O–H groups in total. The third kappa shape index (κ3) is 2.33. The molecule has 0 atom stereocenters. The van der Waals surface area contributed by atoms with Crippen molar-refractivity contribution in [1.82, 2.24) is 0 Å². The van der Waals surface area contributed by atoms with Crippen LogP contribution in [0.5, 0.6) is 11.5 Å². The van der Waals surface area contributed by atoms with Crippen LogP contribution in [0.15, 0.2) is 18.2 Å². The van der Waals surface area contributed by atoms with E-state index >= 15 is 0 Å². The Morgan fingerprint density at radius 3 is 2.86 bits per heavy atom. The van der Waals surface area contributed by atoms with E-state index in [1.165, 1.54) is 19.2 Å². The van der Waals surface area contributed by atoms with Crippen molar-refractivity contribution in [3.63, 3.8) is 0 Å². The molecule has 0 bridgehead atoms. The van der Waals surface area contributed by atoms with Gasteiger partial charge in [-0.2, -0.15) is 0 Å². The highest BCUT2D eigenvalue weighted by atomic mass is 16.7. The van der Waals surface area contributed by atoms with Gasteiger partial charge >= 0.3 is 5.69 Å². The number of hydrogen-bond donors (Lipinski definition) is 1. The van der Waals surface area contributed by atoms with Crippen molar-refractivity contribution < 1.29 is 19.5 Å². The molecule has 0 heterocycles. The van der Waals surface area contributed by atoms with E-state index in [0.29, 0.717) is 0 Å². The molecule has 0 aliphatic heterocycles. The zero-order valence-corrected chi connectivity index (χ0v) is 7.47. The normalized spacial score (nSPS) is 9.79. The Morgan fingerprint density at radius 2 is 2.29 bits per heavy atom. The van der Waals surface area contributed by atoms with Crippen LogP contribution >= 0.6 is 0 Å². The van der Waals surface area contributed by atoms with E-state index in [4.69, 9.17) is 9.84 Å². The smallest absolute Gasteiger partial charge is 0.314 e. The molecule has 0 aliphatic carbocycles. The number of benzene rings is 1. The minimum atomic E-state index is -0.686. The first-order chi connectivity index (χ1) is 6.65. The summed E-state index contributed by atoms with van der Waals surface area (Å²) in [6, 6.07) is 3.75. The van der Waals surface area contributed by atoms with E-state index in [1.54, 1.807) is 0 Å². The van der Waals surface area contributed by atoms with Crippen LogP contribution in [0.25, 0.3) is 0 Å². The van der Waals surface area contributed by atoms with E-state index in [0.717, 1.165) is 6.07 Å². The van der Waals surface area contributed by atoms with Gasteiger partial charge in [-0.1, -0.05) is 0 Å². The Labute approximate surface area is 79.8 Å². The van der Waals surface area contributed by atoms with Gasteiger partial charge in [0.05, 0.1) is 11.0 Å². The lowest BCUT2D eigenvalue weighted by Gasteiger charge is -2.04. The molecule has 0 fully saturated rings. The number of nitro groups is 1. The lowest BCUT2D eigenvalue weighted by molar-refractivity contribution is -0.386. The van der Waals surface area contributed by atoms with Crippen LogP contribution in [0.4, 0.5) is 5.69 Å². The van der Waals surface area contributed by atoms with E-state index in [-0.39, 0.29) is 18.3 Å². The summed E-state index contributed by atoms with van der Waals surface area (Å²) < 4.78 is 9.58. The first kappa shape index (κ1) is 10.3. The van der Waals surface area contributed by atoms with Crippen LogP contribution in [0.3, 0.4) is 0 Å². The maximum atomic E-state index is 10.4. The molecule has 6 heteroatoms. The number of phenolic OH excluding ortho intramolecular Hbond substituents is 1. The number of ether oxygens (including phenoxy) is 2. The van der Waals surface area contributed by atoms with Gasteiger partial charge in [-0.25, -0.2) is 0 Å². The number of aromatic hydroxyl groups is 1. The second-order valence-corrected chi connectivity index (χ2v) is 2.46. The first-order valence-corrected chi connectivity index (χ1v) is 3.74. The minimum absolute atomic E-state index is 0.00191. The van der Waals surface area contributed by atoms with Crippen molar-refractivity contribution in [2.45, 2.75) is 0 Å². The topological polar surface area (TPSA) is 81.8 Å². The van der Waals surface area contributed by atoms with Crippen molar-refractivity contribution >= 4 is 5.69 Å². The highest BCUT2D eigenvalue weighted by Crippen LogP contribution is 2.29. The van der Waals surface area contributed by atoms with E-state index in [9.17, 15) is 10.1 Å². The molecule has 1 aromatic carbocycles. The molecule has 0 radical (unpaired) electrons. The number of nitro benzene ring substituents is 1. The van der Waals surface area contributed by atoms with Crippen LogP contribution in [-0.4, -0.2) is 23.9 Å². The summed E-state index contributed by atoms with van der Waals surface area (Å²) in [5.74, 6) is -0.115. The summed E-state index contributed by atoms with van der Waals surface area (Å²) in [4.78, 5) is 9.72. The van der Waals surface area contributed by atoms with E-state index in [2.05, 4.69) is 4.74 Å². The Bertz CT molecular complexity index is 339. The third-order valence-corrected chi connectivity index (χ3v) is 1.49. The standard InChI is InChI=1S/C8H9NO5/c1-13-5-14-6-2-3-8(10)7(4-6)9(11)12/h2-4,10H,5H2,1H3. The van der Waals surface area contributed by atoms with Crippen LogP contribution in [-0.2, 0) is 4.74 Å². The largest absolute Gasteiger partial charge is 0.502 e. The van der Waals surface area contributed by atoms with Gasteiger partial charge in [0, 0.05) is 7.11 Å². The fourth-order valence-corrected chi connectivity index (χ4v) is 0.866. The average molecular weight is 199 g/mol. The number of rotatable bonds is 4. The average Bonchev–Trinajstić information content (AvgIpc) is 2.16. The van der Waals surface area contributed by atoms with Crippen molar-refractivity contribution in [1.29, 1.82) is 0 Å². The predicted molar refractivity (Wildman–Crippen MR) is 47.3 cm³/mol. The molecule has 0 amide bonds. The fraction of sp³-hybridized carbons (Fsp3) is 0.250. The maximum absolute atomic E-state index is 10.4. The monoisotopic (exact) mass is 199 g/mol. The number of hydrogen-bond acceptors (Lipinski definition) is 5. The second-order valence-electron chi connectivity index (χ2n) is 2.46. The maximum Gasteiger partial charge on any atom is 0.314 e. The second kappa shape index (κ2) is 4.43. The lowest BCUT2D eigenvalue weighted by Crippen LogP contribution is -1.99. The van der Waals surface area contributed by atoms with E-state index < -0.39 is 10.6 Å². The van der Waals surface area contributed by atoms with Crippen LogP contribution in [0.2, 0.25) is 0 Å². The summed E-state index contributed by atoms with van der Waals surface area (Å²) in [5.41, 5.74) is -0.390. The quantitative estimate of drug-likeness (QED) is 0.448. The van der Waals surface area contributed by atoms with Crippen LogP contribution < -0.4 is 4.74 Å². The molecule has 0 spiro atoms. The fourth-order valence-electron chi connectivity index (χ4n) is 0.866. The van der Waals surface area contributed by atoms with Gasteiger partial charge in [0.15, 0.2) is 12.5 Å². The number of phenols is 1. The summed E-state index contributed by atoms with van der Waals surface area (Å²) in [6.07, 6.45) is 0. The highest BCUT2D eigenvalue weighted by molar-refractivity contribution is 5.49. The molecular weight excluding hydrogens is 190 g/mol. The highest BCUT2D eigenvalue weighted by Gasteiger charge is 2.13. The predicted octanol–water partition coefficient (Wildman–Crippen LogP) is 1.28. The molecule has 0 aromatic heterocycles. The lowest BCUT2D eigenvalue weighted by atomic mass is 10.3. The molecule has 0 unspecified atom stereocenters. The molecule has 6 nitrogen and oxygen atoms in total. The molecule has 1 rings (SSSR count). The summed E-state index contributed by atoms with van der Waals surface area (Å²) in [7, 11) is 1.44. The zero-order chi connectivity index (χ0) is 10.6. The Balaban J connectivity index is 2.89. The zero-order valence-electron chi connectivity index (χ0n) is 7.47. The van der Waals surface area contributed by atoms with Gasteiger partial charge in [0.1, 0.15) is 5.75 Å². The van der Waals surface area contributed by atoms with Gasteiger partial charge < -0.3 is 14.6 Å². The molecule has 1 aromatic rings. The van der Waals surface area contributed by atoms with Crippen molar-refractivity contribution in [3.8, 4) is 11.5 Å². The molecule has 0 aliphatic rings. The molecule has 14 heavy (non-hydrogen) atoms. The van der Waals surface area contributed by atoms with Gasteiger partial charge in [-0.3, -0.25) is 10.1 Å². The number of methoxy groups -OCH3 is 1. The molecule has 0 saturated heterocycles. The number of nitrogens with zero attached hydrogens (tertiary/aromatic N) is 1. The van der Waals surface area contributed by atoms with Crippen molar-refractivity contribution in [3.05, 3.63) is 28.3 Å². The Hall–Kier alpha value is -1.82. The summed E-state index contributed by atoms with van der Waals surface area (Å²) >= 11 is 0. The van der Waals surface area contributed by atoms with Crippen molar-refractivity contribution in [2.75, 3.05) is 13.9 Å². The molecular formula is C8H9NO5. The third-order valence-electron chi connectivity index (χ3n) is 1.49. The Kier molecular flexibility index (Phi) is 3.24. The van der Waals surface area contributed by atoms with Gasteiger partial charge in [-0.05, 0) is 12.1 Å². The van der Waals surface area contributed by atoms with Crippen LogP contribution in [0, 0.1) is 10.1 Å².